The minimum absolute atomic E-state index is 0.0330. The minimum Gasteiger partial charge on any atom is -0.263 e. The average Bonchev–Trinajstić information content (AvgIpc) is 2.86. The van der Waals surface area contributed by atoms with Crippen molar-refractivity contribution in [2.75, 3.05) is 0 Å². The van der Waals surface area contributed by atoms with Crippen molar-refractivity contribution >= 4 is 21.6 Å². The summed E-state index contributed by atoms with van der Waals surface area (Å²) in [5.41, 5.74) is 0.00464. The van der Waals surface area contributed by atoms with E-state index >= 15 is 0 Å². The van der Waals surface area contributed by atoms with Gasteiger partial charge in [0.15, 0.2) is 0 Å². The highest BCUT2D eigenvalue weighted by Gasteiger charge is 2.60. The fourth-order valence-corrected chi connectivity index (χ4v) is 6.34. The van der Waals surface area contributed by atoms with Gasteiger partial charge in [0.25, 0.3) is 0 Å². The Morgan fingerprint density at radius 3 is 2.67 bits per heavy atom. The Hall–Kier alpha value is -0.650. The van der Waals surface area contributed by atoms with E-state index in [0.29, 0.717) is 5.92 Å². The van der Waals surface area contributed by atoms with Gasteiger partial charge in [-0.1, -0.05) is 32.4 Å². The Bertz CT molecular complexity index is 669. The maximum absolute atomic E-state index is 12.7. The molecule has 1 N–H and O–H groups in total. The van der Waals surface area contributed by atoms with Gasteiger partial charge in [-0.3, -0.25) is 4.98 Å². The van der Waals surface area contributed by atoms with Crippen molar-refractivity contribution < 1.29 is 8.42 Å². The number of hydrogen-bond donors (Lipinski definition) is 1. The Labute approximate surface area is 131 Å². The topological polar surface area (TPSA) is 59.1 Å². The number of fused-ring (bicyclic) bond motifs is 2. The molecule has 0 spiro atoms. The van der Waals surface area contributed by atoms with E-state index in [1.807, 2.05) is 0 Å². The zero-order chi connectivity index (χ0) is 15.5. The van der Waals surface area contributed by atoms with Gasteiger partial charge in [0.2, 0.25) is 10.0 Å². The van der Waals surface area contributed by atoms with Crippen LogP contribution in [-0.4, -0.2) is 19.4 Å². The van der Waals surface area contributed by atoms with E-state index in [9.17, 15) is 8.42 Å². The highest BCUT2D eigenvalue weighted by atomic mass is 35.5. The lowest BCUT2D eigenvalue weighted by Gasteiger charge is -2.42. The normalized spacial score (nSPS) is 34.3. The number of aromatic nitrogens is 1. The first-order valence-electron chi connectivity index (χ1n) is 7.29. The molecule has 1 aromatic rings. The maximum Gasteiger partial charge on any atom is 0.243 e. The number of rotatable bonds is 3. The molecule has 0 amide bonds. The molecule has 0 radical (unpaired) electrons. The van der Waals surface area contributed by atoms with E-state index in [2.05, 4.69) is 30.5 Å². The minimum atomic E-state index is -3.65. The Morgan fingerprint density at radius 1 is 1.38 bits per heavy atom. The van der Waals surface area contributed by atoms with E-state index in [4.69, 9.17) is 11.6 Å². The zero-order valence-electron chi connectivity index (χ0n) is 12.6. The molecular weight excluding hydrogens is 308 g/mol. The number of sulfonamides is 1. The van der Waals surface area contributed by atoms with Gasteiger partial charge in [-0.25, -0.2) is 13.1 Å². The van der Waals surface area contributed by atoms with Crippen LogP contribution < -0.4 is 4.72 Å². The monoisotopic (exact) mass is 328 g/mol. The molecule has 2 aliphatic carbocycles. The fraction of sp³-hybridized carbons (Fsp3) is 0.667. The molecule has 3 rings (SSSR count). The molecule has 1 aromatic heterocycles. The van der Waals surface area contributed by atoms with Crippen LogP contribution in [0.15, 0.2) is 23.4 Å². The zero-order valence-corrected chi connectivity index (χ0v) is 14.1. The Morgan fingerprint density at radius 2 is 2.10 bits per heavy atom. The van der Waals surface area contributed by atoms with Crippen molar-refractivity contribution in [3.63, 3.8) is 0 Å². The van der Waals surface area contributed by atoms with Crippen LogP contribution in [0.5, 0.6) is 0 Å². The van der Waals surface area contributed by atoms with Crippen molar-refractivity contribution in [1.82, 2.24) is 9.71 Å². The molecule has 0 aliphatic heterocycles. The molecule has 116 valence electrons. The third-order valence-corrected chi connectivity index (χ3v) is 7.46. The molecule has 4 nitrogen and oxygen atoms in total. The van der Waals surface area contributed by atoms with Gasteiger partial charge in [0.05, 0.1) is 5.02 Å². The predicted molar refractivity (Wildman–Crippen MR) is 82.6 cm³/mol. The Kier molecular flexibility index (Phi) is 3.39. The summed E-state index contributed by atoms with van der Waals surface area (Å²) >= 11 is 6.02. The summed E-state index contributed by atoms with van der Waals surface area (Å²) in [6.45, 7) is 6.53. The van der Waals surface area contributed by atoms with E-state index in [0.717, 1.165) is 12.8 Å². The summed E-state index contributed by atoms with van der Waals surface area (Å²) in [5, 5.41) is 0.212. The highest BCUT2D eigenvalue weighted by Crippen LogP contribution is 2.62. The van der Waals surface area contributed by atoms with Crippen LogP contribution in [0.1, 0.15) is 40.0 Å². The second kappa shape index (κ2) is 4.67. The Balaban J connectivity index is 1.95. The van der Waals surface area contributed by atoms with Crippen molar-refractivity contribution in [2.24, 2.45) is 16.7 Å². The molecule has 21 heavy (non-hydrogen) atoms. The van der Waals surface area contributed by atoms with E-state index < -0.39 is 10.0 Å². The quantitative estimate of drug-likeness (QED) is 0.926. The van der Waals surface area contributed by atoms with Gasteiger partial charge in [-0.2, -0.15) is 0 Å². The molecule has 1 heterocycles. The van der Waals surface area contributed by atoms with Crippen LogP contribution in [0.2, 0.25) is 5.02 Å². The lowest BCUT2D eigenvalue weighted by atomic mass is 9.69. The molecular formula is C15H21ClN2O2S. The summed E-state index contributed by atoms with van der Waals surface area (Å²) in [6.07, 6.45) is 6.16. The van der Waals surface area contributed by atoms with Crippen molar-refractivity contribution in [1.29, 1.82) is 0 Å². The summed E-state index contributed by atoms with van der Waals surface area (Å²) < 4.78 is 28.3. The van der Waals surface area contributed by atoms with Crippen LogP contribution in [0, 0.1) is 16.7 Å². The molecule has 3 atom stereocenters. The van der Waals surface area contributed by atoms with E-state index in [1.54, 1.807) is 0 Å². The molecule has 2 fully saturated rings. The standard InChI is InChI=1S/C15H21ClN2O2S/c1-14(2)10-4-6-15(3,8-10)13(14)18-21(19,20)12-9-17-7-5-11(12)16/h5,7,9-10,13,18H,4,6,8H2,1-3H3. The molecule has 0 saturated heterocycles. The number of nitrogens with zero attached hydrogens (tertiary/aromatic N) is 1. The summed E-state index contributed by atoms with van der Waals surface area (Å²) in [5.74, 6) is 0.583. The summed E-state index contributed by atoms with van der Waals surface area (Å²) in [7, 11) is -3.65. The van der Waals surface area contributed by atoms with Gasteiger partial charge >= 0.3 is 0 Å². The number of nitrogens with one attached hydrogen (secondary N) is 1. The summed E-state index contributed by atoms with van der Waals surface area (Å²) in [4.78, 5) is 3.95. The van der Waals surface area contributed by atoms with E-state index in [-0.39, 0.29) is 26.8 Å². The molecule has 6 heteroatoms. The molecule has 0 aromatic carbocycles. The molecule has 3 unspecified atom stereocenters. The van der Waals surface area contributed by atoms with Gasteiger partial charge in [-0.05, 0) is 42.1 Å². The SMILES string of the molecule is CC12CCC(C1)C(C)(C)C2NS(=O)(=O)c1cnccc1Cl. The third kappa shape index (κ3) is 2.30. The smallest absolute Gasteiger partial charge is 0.243 e. The largest absolute Gasteiger partial charge is 0.263 e. The first kappa shape index (κ1) is 15.3. The van der Waals surface area contributed by atoms with Crippen molar-refractivity contribution in [2.45, 2.75) is 51.0 Å². The van der Waals surface area contributed by atoms with Gasteiger partial charge < -0.3 is 0 Å². The molecule has 2 bridgehead atoms. The first-order chi connectivity index (χ1) is 9.67. The third-order valence-electron chi connectivity index (χ3n) is 5.57. The number of pyridine rings is 1. The van der Waals surface area contributed by atoms with Crippen LogP contribution in [-0.2, 0) is 10.0 Å². The fourth-order valence-electron chi connectivity index (χ4n) is 4.38. The van der Waals surface area contributed by atoms with Gasteiger partial charge in [0.1, 0.15) is 4.90 Å². The first-order valence-corrected chi connectivity index (χ1v) is 9.15. The molecule has 2 aliphatic rings. The van der Waals surface area contributed by atoms with Crippen LogP contribution in [0.4, 0.5) is 0 Å². The van der Waals surface area contributed by atoms with Crippen LogP contribution >= 0.6 is 11.6 Å². The molecule has 2 saturated carbocycles. The highest BCUT2D eigenvalue weighted by molar-refractivity contribution is 7.89. The number of hydrogen-bond acceptors (Lipinski definition) is 3. The van der Waals surface area contributed by atoms with Crippen molar-refractivity contribution in [3.8, 4) is 0 Å². The predicted octanol–water partition coefficient (Wildman–Crippen LogP) is 3.23. The van der Waals surface area contributed by atoms with Crippen LogP contribution in [0.3, 0.4) is 0 Å². The maximum atomic E-state index is 12.7. The van der Waals surface area contributed by atoms with Gasteiger partial charge in [-0.15, -0.1) is 0 Å². The van der Waals surface area contributed by atoms with Crippen LogP contribution in [0.25, 0.3) is 0 Å². The van der Waals surface area contributed by atoms with Gasteiger partial charge in [0, 0.05) is 18.4 Å². The summed E-state index contributed by atoms with van der Waals surface area (Å²) in [6, 6.07) is 1.44. The lowest BCUT2D eigenvalue weighted by Crippen LogP contribution is -2.52. The lowest BCUT2D eigenvalue weighted by molar-refractivity contribution is 0.127. The average molecular weight is 329 g/mol. The van der Waals surface area contributed by atoms with Crippen molar-refractivity contribution in [3.05, 3.63) is 23.5 Å². The second-order valence-corrected chi connectivity index (χ2v) is 9.37. The number of halogens is 1. The van der Waals surface area contributed by atoms with E-state index in [1.165, 1.54) is 24.9 Å². The second-order valence-electron chi connectivity index (χ2n) is 7.28.